The molecule has 0 saturated carbocycles. The van der Waals surface area contributed by atoms with Crippen LogP contribution in [-0.4, -0.2) is 18.9 Å². The molecule has 1 fully saturated rings. The van der Waals surface area contributed by atoms with E-state index in [1.807, 2.05) is 6.08 Å². The molecule has 1 aliphatic rings. The molecule has 2 heteroatoms. The molecule has 1 saturated heterocycles. The molecular formula is C12H21NO. The number of hydrogen-bond acceptors (Lipinski definition) is 2. The third kappa shape index (κ3) is 2.44. The highest BCUT2D eigenvalue weighted by Crippen LogP contribution is 2.32. The maximum absolute atomic E-state index is 12.0. The van der Waals surface area contributed by atoms with Crippen LogP contribution >= 0.6 is 0 Å². The summed E-state index contributed by atoms with van der Waals surface area (Å²) in [6.07, 6.45) is 6.48. The van der Waals surface area contributed by atoms with E-state index in [9.17, 15) is 4.79 Å². The van der Waals surface area contributed by atoms with E-state index in [2.05, 4.69) is 18.8 Å². The van der Waals surface area contributed by atoms with Crippen LogP contribution in [0, 0.1) is 5.41 Å². The Hall–Kier alpha value is -0.630. The molecule has 0 radical (unpaired) electrons. The number of piperidine rings is 1. The van der Waals surface area contributed by atoms with Gasteiger partial charge in [0.25, 0.3) is 0 Å². The number of rotatable bonds is 5. The molecule has 1 aliphatic heterocycles. The Morgan fingerprint density at radius 3 is 2.93 bits per heavy atom. The van der Waals surface area contributed by atoms with Crippen molar-refractivity contribution < 1.29 is 4.79 Å². The van der Waals surface area contributed by atoms with Gasteiger partial charge in [0.1, 0.15) is 5.78 Å². The second-order valence-corrected chi connectivity index (χ2v) is 4.16. The third-order valence-corrected chi connectivity index (χ3v) is 3.32. The van der Waals surface area contributed by atoms with E-state index in [-0.39, 0.29) is 5.41 Å². The van der Waals surface area contributed by atoms with Crippen LogP contribution in [0.2, 0.25) is 0 Å². The normalized spacial score (nSPS) is 27.2. The van der Waals surface area contributed by atoms with E-state index < -0.39 is 0 Å². The summed E-state index contributed by atoms with van der Waals surface area (Å²) in [4.78, 5) is 12.0. The summed E-state index contributed by atoms with van der Waals surface area (Å²) >= 11 is 0. The van der Waals surface area contributed by atoms with Crippen LogP contribution in [0.3, 0.4) is 0 Å². The van der Waals surface area contributed by atoms with Gasteiger partial charge in [0.2, 0.25) is 0 Å². The SMILES string of the molecule is C=CCCC(=O)C1(CC)CCCNC1. The number of nitrogens with one attached hydrogen (secondary N) is 1. The van der Waals surface area contributed by atoms with Crippen molar-refractivity contribution in [2.24, 2.45) is 5.41 Å². The van der Waals surface area contributed by atoms with Crippen molar-refractivity contribution in [3.8, 4) is 0 Å². The van der Waals surface area contributed by atoms with Crippen LogP contribution < -0.4 is 5.32 Å². The number of carbonyl (C=O) groups is 1. The molecule has 80 valence electrons. The second-order valence-electron chi connectivity index (χ2n) is 4.16. The van der Waals surface area contributed by atoms with Gasteiger partial charge in [-0.25, -0.2) is 0 Å². The highest BCUT2D eigenvalue weighted by atomic mass is 16.1. The fourth-order valence-corrected chi connectivity index (χ4v) is 2.20. The number of allylic oxidation sites excluding steroid dienone is 1. The van der Waals surface area contributed by atoms with E-state index in [0.717, 1.165) is 38.8 Å². The fourth-order valence-electron chi connectivity index (χ4n) is 2.20. The summed E-state index contributed by atoms with van der Waals surface area (Å²) in [5.74, 6) is 0.423. The molecular weight excluding hydrogens is 174 g/mol. The van der Waals surface area contributed by atoms with E-state index in [1.54, 1.807) is 0 Å². The van der Waals surface area contributed by atoms with Gasteiger partial charge in [-0.2, -0.15) is 0 Å². The topological polar surface area (TPSA) is 29.1 Å². The van der Waals surface area contributed by atoms with Gasteiger partial charge in [-0.3, -0.25) is 4.79 Å². The molecule has 2 nitrogen and oxygen atoms in total. The molecule has 0 spiro atoms. The Balaban J connectivity index is 2.57. The quantitative estimate of drug-likeness (QED) is 0.682. The molecule has 0 amide bonds. The second kappa shape index (κ2) is 5.30. The van der Waals surface area contributed by atoms with Gasteiger partial charge in [0, 0.05) is 18.4 Å². The fraction of sp³-hybridized carbons (Fsp3) is 0.750. The first-order valence-corrected chi connectivity index (χ1v) is 5.60. The number of carbonyl (C=O) groups excluding carboxylic acids is 1. The summed E-state index contributed by atoms with van der Waals surface area (Å²) in [7, 11) is 0. The van der Waals surface area contributed by atoms with Crippen molar-refractivity contribution in [2.45, 2.75) is 39.0 Å². The molecule has 1 heterocycles. The Bertz CT molecular complexity index is 204. The average molecular weight is 195 g/mol. The van der Waals surface area contributed by atoms with E-state index >= 15 is 0 Å². The van der Waals surface area contributed by atoms with Gasteiger partial charge in [-0.05, 0) is 32.2 Å². The Morgan fingerprint density at radius 2 is 2.43 bits per heavy atom. The lowest BCUT2D eigenvalue weighted by Crippen LogP contribution is -2.45. The minimum atomic E-state index is -0.0682. The lowest BCUT2D eigenvalue weighted by atomic mass is 9.73. The van der Waals surface area contributed by atoms with Crippen LogP contribution in [0.15, 0.2) is 12.7 Å². The van der Waals surface area contributed by atoms with Crippen molar-refractivity contribution in [3.05, 3.63) is 12.7 Å². The Labute approximate surface area is 86.8 Å². The summed E-state index contributed by atoms with van der Waals surface area (Å²) in [5.41, 5.74) is -0.0682. The molecule has 0 bridgehead atoms. The molecule has 0 aliphatic carbocycles. The summed E-state index contributed by atoms with van der Waals surface area (Å²) < 4.78 is 0. The first-order chi connectivity index (χ1) is 6.75. The highest BCUT2D eigenvalue weighted by Gasteiger charge is 2.36. The molecule has 0 aromatic heterocycles. The zero-order valence-electron chi connectivity index (χ0n) is 9.14. The van der Waals surface area contributed by atoms with Crippen molar-refractivity contribution in [1.82, 2.24) is 5.32 Å². The van der Waals surface area contributed by atoms with Crippen LogP contribution in [-0.2, 0) is 4.79 Å². The Morgan fingerprint density at radius 1 is 1.64 bits per heavy atom. The molecule has 1 N–H and O–H groups in total. The molecule has 14 heavy (non-hydrogen) atoms. The average Bonchev–Trinajstić information content (AvgIpc) is 2.26. The van der Waals surface area contributed by atoms with Gasteiger partial charge < -0.3 is 5.32 Å². The van der Waals surface area contributed by atoms with Gasteiger partial charge in [-0.15, -0.1) is 6.58 Å². The largest absolute Gasteiger partial charge is 0.316 e. The zero-order chi connectivity index (χ0) is 10.4. The van der Waals surface area contributed by atoms with Gasteiger partial charge in [0.05, 0.1) is 0 Å². The molecule has 1 unspecified atom stereocenters. The summed E-state index contributed by atoms with van der Waals surface area (Å²) in [6.45, 7) is 7.72. The lowest BCUT2D eigenvalue weighted by Gasteiger charge is -2.35. The molecule has 1 rings (SSSR count). The van der Waals surface area contributed by atoms with Crippen molar-refractivity contribution in [3.63, 3.8) is 0 Å². The van der Waals surface area contributed by atoms with E-state index in [1.165, 1.54) is 0 Å². The minimum absolute atomic E-state index is 0.0682. The monoisotopic (exact) mass is 195 g/mol. The lowest BCUT2D eigenvalue weighted by molar-refractivity contribution is -0.130. The number of ketones is 1. The molecule has 1 atom stereocenters. The molecule has 0 aromatic carbocycles. The first-order valence-electron chi connectivity index (χ1n) is 5.60. The van der Waals surface area contributed by atoms with Crippen LogP contribution in [0.5, 0.6) is 0 Å². The predicted molar refractivity (Wildman–Crippen MR) is 59.3 cm³/mol. The zero-order valence-corrected chi connectivity index (χ0v) is 9.14. The van der Waals surface area contributed by atoms with Gasteiger partial charge in [-0.1, -0.05) is 13.0 Å². The summed E-state index contributed by atoms with van der Waals surface area (Å²) in [5, 5.41) is 3.34. The smallest absolute Gasteiger partial charge is 0.140 e. The van der Waals surface area contributed by atoms with Crippen LogP contribution in [0.4, 0.5) is 0 Å². The predicted octanol–water partition coefficient (Wildman–Crippen LogP) is 2.30. The van der Waals surface area contributed by atoms with Crippen molar-refractivity contribution >= 4 is 5.78 Å². The number of hydrogen-bond donors (Lipinski definition) is 1. The van der Waals surface area contributed by atoms with Gasteiger partial charge >= 0.3 is 0 Å². The van der Waals surface area contributed by atoms with Crippen molar-refractivity contribution in [1.29, 1.82) is 0 Å². The van der Waals surface area contributed by atoms with Crippen LogP contribution in [0.25, 0.3) is 0 Å². The minimum Gasteiger partial charge on any atom is -0.316 e. The maximum Gasteiger partial charge on any atom is 0.140 e. The summed E-state index contributed by atoms with van der Waals surface area (Å²) in [6, 6.07) is 0. The molecule has 0 aromatic rings. The van der Waals surface area contributed by atoms with Crippen molar-refractivity contribution in [2.75, 3.05) is 13.1 Å². The van der Waals surface area contributed by atoms with Crippen LogP contribution in [0.1, 0.15) is 39.0 Å². The highest BCUT2D eigenvalue weighted by molar-refractivity contribution is 5.85. The third-order valence-electron chi connectivity index (χ3n) is 3.32. The Kier molecular flexibility index (Phi) is 4.33. The number of Topliss-reactive ketones (excluding diaryl/α,β-unsaturated/α-hetero) is 1. The first kappa shape index (κ1) is 11.4. The maximum atomic E-state index is 12.0. The van der Waals surface area contributed by atoms with Gasteiger partial charge in [0.15, 0.2) is 0 Å². The van der Waals surface area contributed by atoms with E-state index in [4.69, 9.17) is 0 Å². The standard InChI is InChI=1S/C12H21NO/c1-3-5-7-11(14)12(4-2)8-6-9-13-10-12/h3,13H,1,4-10H2,2H3. The van der Waals surface area contributed by atoms with E-state index in [0.29, 0.717) is 12.2 Å².